The number of carbonyl (C=O) groups excluding carboxylic acids is 1. The highest BCUT2D eigenvalue weighted by Gasteiger charge is 2.36. The van der Waals surface area contributed by atoms with E-state index in [1.807, 2.05) is 0 Å². The van der Waals surface area contributed by atoms with Gasteiger partial charge < -0.3 is 5.73 Å². The van der Waals surface area contributed by atoms with E-state index in [4.69, 9.17) is 5.73 Å². The quantitative estimate of drug-likeness (QED) is 0.605. The minimum absolute atomic E-state index is 0.0207. The Morgan fingerprint density at radius 3 is 2.69 bits per heavy atom. The SMILES string of the molecule is NC(=O)C1=CN(C(F)(F)F)CN=C1. The van der Waals surface area contributed by atoms with E-state index in [1.54, 1.807) is 0 Å². The molecule has 0 atom stereocenters. The zero-order valence-electron chi connectivity index (χ0n) is 6.38. The predicted octanol–water partition coefficient (Wildman–Crippen LogP) is 0.219. The lowest BCUT2D eigenvalue weighted by Crippen LogP contribution is -2.36. The second kappa shape index (κ2) is 3.08. The molecule has 7 heteroatoms. The zero-order chi connectivity index (χ0) is 10.1. The second-order valence-corrected chi connectivity index (χ2v) is 2.34. The maximum absolute atomic E-state index is 12.0. The van der Waals surface area contributed by atoms with Gasteiger partial charge in [0.2, 0.25) is 0 Å². The van der Waals surface area contributed by atoms with Gasteiger partial charge in [-0.3, -0.25) is 14.7 Å². The van der Waals surface area contributed by atoms with Crippen molar-refractivity contribution in [2.45, 2.75) is 6.30 Å². The smallest absolute Gasteiger partial charge is 0.366 e. The average Bonchev–Trinajstić information content (AvgIpc) is 2.03. The highest BCUT2D eigenvalue weighted by molar-refractivity contribution is 6.11. The van der Waals surface area contributed by atoms with Gasteiger partial charge in [0.05, 0.1) is 5.57 Å². The molecule has 1 rings (SSSR count). The van der Waals surface area contributed by atoms with Gasteiger partial charge in [0.25, 0.3) is 5.91 Å². The summed E-state index contributed by atoms with van der Waals surface area (Å²) in [6.45, 7) is -0.541. The molecule has 0 aromatic carbocycles. The van der Waals surface area contributed by atoms with Crippen LogP contribution in [0.15, 0.2) is 16.8 Å². The maximum atomic E-state index is 12.0. The molecule has 1 amide bonds. The van der Waals surface area contributed by atoms with E-state index in [1.165, 1.54) is 0 Å². The molecule has 0 bridgehead atoms. The van der Waals surface area contributed by atoms with Gasteiger partial charge in [-0.25, -0.2) is 0 Å². The first kappa shape index (κ1) is 9.56. The van der Waals surface area contributed by atoms with Crippen LogP contribution in [-0.4, -0.2) is 30.0 Å². The summed E-state index contributed by atoms with van der Waals surface area (Å²) in [5, 5.41) is 0. The lowest BCUT2D eigenvalue weighted by molar-refractivity contribution is -0.227. The molecule has 0 spiro atoms. The number of nitrogens with zero attached hydrogens (tertiary/aromatic N) is 2. The van der Waals surface area contributed by atoms with Crippen LogP contribution in [0, 0.1) is 0 Å². The predicted molar refractivity (Wildman–Crippen MR) is 38.5 cm³/mol. The van der Waals surface area contributed by atoms with E-state index in [0.717, 1.165) is 6.21 Å². The number of hydrogen-bond donors (Lipinski definition) is 1. The van der Waals surface area contributed by atoms with Gasteiger partial charge >= 0.3 is 6.30 Å². The van der Waals surface area contributed by atoms with Crippen LogP contribution >= 0.6 is 0 Å². The van der Waals surface area contributed by atoms with Crippen molar-refractivity contribution in [3.05, 3.63) is 11.8 Å². The topological polar surface area (TPSA) is 58.7 Å². The third-order valence-corrected chi connectivity index (χ3v) is 1.37. The Morgan fingerprint density at radius 2 is 2.23 bits per heavy atom. The Labute approximate surface area is 71.5 Å². The Morgan fingerprint density at radius 1 is 1.62 bits per heavy atom. The van der Waals surface area contributed by atoms with Gasteiger partial charge in [-0.1, -0.05) is 0 Å². The minimum atomic E-state index is -4.53. The molecule has 0 aromatic rings. The minimum Gasteiger partial charge on any atom is -0.366 e. The first-order chi connectivity index (χ1) is 5.91. The van der Waals surface area contributed by atoms with Crippen LogP contribution in [0.2, 0.25) is 0 Å². The summed E-state index contributed by atoms with van der Waals surface area (Å²) in [4.78, 5) is 13.8. The molecular formula is C6H6F3N3O. The number of hydrogen-bond acceptors (Lipinski definition) is 3. The third kappa shape index (κ3) is 2.20. The number of rotatable bonds is 1. The fourth-order valence-corrected chi connectivity index (χ4v) is 0.750. The van der Waals surface area contributed by atoms with Crippen molar-refractivity contribution < 1.29 is 18.0 Å². The van der Waals surface area contributed by atoms with Gasteiger partial charge in [-0.2, -0.15) is 13.2 Å². The van der Waals surface area contributed by atoms with Crippen LogP contribution in [0.25, 0.3) is 0 Å². The molecular weight excluding hydrogens is 187 g/mol. The molecule has 1 aliphatic rings. The fraction of sp³-hybridized carbons (Fsp3) is 0.333. The van der Waals surface area contributed by atoms with Gasteiger partial charge in [0.15, 0.2) is 0 Å². The Hall–Kier alpha value is -1.53. The maximum Gasteiger partial charge on any atom is 0.485 e. The summed E-state index contributed by atoms with van der Waals surface area (Å²) in [6.07, 6.45) is -2.88. The Kier molecular flexibility index (Phi) is 2.26. The first-order valence-electron chi connectivity index (χ1n) is 3.26. The number of halogens is 3. The third-order valence-electron chi connectivity index (χ3n) is 1.37. The molecule has 0 unspecified atom stereocenters. The summed E-state index contributed by atoms with van der Waals surface area (Å²) in [5.74, 6) is -0.933. The van der Waals surface area contributed by atoms with Crippen molar-refractivity contribution >= 4 is 12.1 Å². The van der Waals surface area contributed by atoms with Crippen LogP contribution < -0.4 is 5.73 Å². The highest BCUT2D eigenvalue weighted by atomic mass is 19.4. The summed E-state index contributed by atoms with van der Waals surface area (Å²) < 4.78 is 36.1. The van der Waals surface area contributed by atoms with Gasteiger partial charge in [0.1, 0.15) is 6.67 Å². The molecule has 1 aliphatic heterocycles. The number of carbonyl (C=O) groups is 1. The molecule has 0 fully saturated rings. The van der Waals surface area contributed by atoms with Crippen molar-refractivity contribution in [3.63, 3.8) is 0 Å². The molecule has 0 saturated carbocycles. The van der Waals surface area contributed by atoms with E-state index in [2.05, 4.69) is 4.99 Å². The molecule has 2 N–H and O–H groups in total. The number of aliphatic imine (C=N–C) groups is 1. The largest absolute Gasteiger partial charge is 0.485 e. The van der Waals surface area contributed by atoms with Crippen molar-refractivity contribution in [2.24, 2.45) is 10.7 Å². The van der Waals surface area contributed by atoms with Crippen molar-refractivity contribution in [3.8, 4) is 0 Å². The lowest BCUT2D eigenvalue weighted by atomic mass is 10.3. The lowest BCUT2D eigenvalue weighted by Gasteiger charge is -2.23. The average molecular weight is 193 g/mol. The van der Waals surface area contributed by atoms with E-state index in [-0.39, 0.29) is 10.5 Å². The van der Waals surface area contributed by atoms with E-state index in [9.17, 15) is 18.0 Å². The number of alkyl halides is 3. The van der Waals surface area contributed by atoms with E-state index in [0.29, 0.717) is 6.20 Å². The standard InChI is InChI=1S/C6H6F3N3O/c7-6(8,9)12-2-4(5(10)13)1-11-3-12/h1-2H,3H2,(H2,10,13). The molecule has 4 nitrogen and oxygen atoms in total. The highest BCUT2D eigenvalue weighted by Crippen LogP contribution is 2.23. The van der Waals surface area contributed by atoms with Gasteiger partial charge in [-0.15, -0.1) is 0 Å². The van der Waals surface area contributed by atoms with E-state index >= 15 is 0 Å². The summed E-state index contributed by atoms with van der Waals surface area (Å²) >= 11 is 0. The van der Waals surface area contributed by atoms with Gasteiger partial charge in [-0.05, 0) is 0 Å². The fourth-order valence-electron chi connectivity index (χ4n) is 0.750. The number of nitrogens with two attached hydrogens (primary N) is 1. The van der Waals surface area contributed by atoms with Crippen LogP contribution in [-0.2, 0) is 4.79 Å². The molecule has 0 saturated heterocycles. The second-order valence-electron chi connectivity index (χ2n) is 2.34. The molecule has 0 radical (unpaired) electrons. The number of amides is 1. The Bertz CT molecular complexity index is 281. The van der Waals surface area contributed by atoms with Crippen LogP contribution in [0.4, 0.5) is 13.2 Å². The molecule has 0 aliphatic carbocycles. The monoisotopic (exact) mass is 193 g/mol. The van der Waals surface area contributed by atoms with E-state index < -0.39 is 18.9 Å². The molecule has 1 heterocycles. The normalized spacial score (nSPS) is 17.2. The Balaban J connectivity index is 2.85. The van der Waals surface area contributed by atoms with Gasteiger partial charge in [0, 0.05) is 12.4 Å². The van der Waals surface area contributed by atoms with Crippen LogP contribution in [0.1, 0.15) is 0 Å². The van der Waals surface area contributed by atoms with Crippen molar-refractivity contribution in [2.75, 3.05) is 6.67 Å². The number of primary amides is 1. The summed E-state index contributed by atoms with van der Waals surface area (Å²) in [5.41, 5.74) is 4.52. The molecule has 13 heavy (non-hydrogen) atoms. The summed E-state index contributed by atoms with van der Waals surface area (Å²) in [7, 11) is 0. The molecule has 0 aromatic heterocycles. The van der Waals surface area contributed by atoms with Crippen molar-refractivity contribution in [1.29, 1.82) is 0 Å². The van der Waals surface area contributed by atoms with Crippen LogP contribution in [0.5, 0.6) is 0 Å². The summed E-state index contributed by atoms with van der Waals surface area (Å²) in [6, 6.07) is 0. The van der Waals surface area contributed by atoms with Crippen molar-refractivity contribution in [1.82, 2.24) is 4.90 Å². The zero-order valence-corrected chi connectivity index (χ0v) is 6.38. The van der Waals surface area contributed by atoms with Crippen LogP contribution in [0.3, 0.4) is 0 Å². The first-order valence-corrected chi connectivity index (χ1v) is 3.26. The molecule has 72 valence electrons.